The average molecular weight is 358 g/mol. The topological polar surface area (TPSA) is 38.3 Å². The fourth-order valence-corrected chi connectivity index (χ4v) is 2.23. The number of carbonyl (C=O) groups excluding carboxylic acids is 1. The van der Waals surface area contributed by atoms with E-state index in [9.17, 15) is 18.0 Å². The molecular formula is C17H15ClF3NO2. The minimum Gasteiger partial charge on any atom is -0.482 e. The minimum atomic E-state index is -4.47. The standard InChI is InChI=1S/C17H15ClF3NO2/c1-11-4-2-3-5-12(11)8-16(23)22-14-9-13(18)6-7-15(14)24-10-17(19,20)21/h2-7,9H,8,10H2,1H3,(H,22,23). The predicted octanol–water partition coefficient (Wildman–Crippen LogP) is 4.77. The molecule has 0 fully saturated rings. The van der Waals surface area contributed by atoms with Gasteiger partial charge in [0.25, 0.3) is 0 Å². The van der Waals surface area contributed by atoms with Crippen molar-refractivity contribution in [2.75, 3.05) is 11.9 Å². The lowest BCUT2D eigenvalue weighted by Gasteiger charge is -2.14. The summed E-state index contributed by atoms with van der Waals surface area (Å²) < 4.78 is 41.7. The summed E-state index contributed by atoms with van der Waals surface area (Å²) in [7, 11) is 0. The van der Waals surface area contributed by atoms with Gasteiger partial charge in [0, 0.05) is 5.02 Å². The second-order valence-electron chi connectivity index (χ2n) is 5.20. The Bertz CT molecular complexity index is 732. The third-order valence-electron chi connectivity index (χ3n) is 3.22. The Labute approximate surface area is 142 Å². The van der Waals surface area contributed by atoms with Crippen molar-refractivity contribution >= 4 is 23.2 Å². The molecule has 0 bridgehead atoms. The van der Waals surface area contributed by atoms with E-state index in [2.05, 4.69) is 5.32 Å². The van der Waals surface area contributed by atoms with Gasteiger partial charge in [0.05, 0.1) is 12.1 Å². The highest BCUT2D eigenvalue weighted by molar-refractivity contribution is 6.31. The van der Waals surface area contributed by atoms with Gasteiger partial charge < -0.3 is 10.1 Å². The minimum absolute atomic E-state index is 0.0881. The first kappa shape index (κ1) is 18.1. The Morgan fingerprint density at radius 1 is 1.21 bits per heavy atom. The average Bonchev–Trinajstić information content (AvgIpc) is 2.48. The molecule has 1 N–H and O–H groups in total. The van der Waals surface area contributed by atoms with E-state index in [0.717, 1.165) is 11.1 Å². The molecule has 24 heavy (non-hydrogen) atoms. The van der Waals surface area contributed by atoms with Crippen LogP contribution >= 0.6 is 11.6 Å². The number of nitrogens with one attached hydrogen (secondary N) is 1. The van der Waals surface area contributed by atoms with Crippen LogP contribution in [0.1, 0.15) is 11.1 Å². The summed E-state index contributed by atoms with van der Waals surface area (Å²) >= 11 is 5.85. The number of hydrogen-bond donors (Lipinski definition) is 1. The number of amides is 1. The summed E-state index contributed by atoms with van der Waals surface area (Å²) in [5.41, 5.74) is 1.88. The van der Waals surface area contributed by atoms with Crippen molar-refractivity contribution in [2.24, 2.45) is 0 Å². The summed E-state index contributed by atoms with van der Waals surface area (Å²) in [5, 5.41) is 2.83. The lowest BCUT2D eigenvalue weighted by Crippen LogP contribution is -2.21. The van der Waals surface area contributed by atoms with Crippen LogP contribution < -0.4 is 10.1 Å². The van der Waals surface area contributed by atoms with Gasteiger partial charge in [-0.05, 0) is 36.2 Å². The van der Waals surface area contributed by atoms with Crippen LogP contribution in [0.4, 0.5) is 18.9 Å². The molecule has 0 radical (unpaired) electrons. The summed E-state index contributed by atoms with van der Waals surface area (Å²) in [5.74, 6) is -0.460. The van der Waals surface area contributed by atoms with Crippen molar-refractivity contribution in [1.29, 1.82) is 0 Å². The van der Waals surface area contributed by atoms with Gasteiger partial charge in [0.15, 0.2) is 6.61 Å². The normalized spacial score (nSPS) is 11.2. The maximum atomic E-state index is 12.3. The second-order valence-corrected chi connectivity index (χ2v) is 5.63. The van der Waals surface area contributed by atoms with Crippen molar-refractivity contribution in [2.45, 2.75) is 19.5 Å². The molecule has 0 atom stereocenters. The summed E-state index contributed by atoms with van der Waals surface area (Å²) in [4.78, 5) is 12.2. The van der Waals surface area contributed by atoms with E-state index >= 15 is 0 Å². The number of anilines is 1. The summed E-state index contributed by atoms with van der Waals surface area (Å²) in [6.07, 6.45) is -4.38. The lowest BCUT2D eigenvalue weighted by molar-refractivity contribution is -0.153. The molecule has 3 nitrogen and oxygen atoms in total. The first-order chi connectivity index (χ1) is 11.2. The van der Waals surface area contributed by atoms with E-state index in [0.29, 0.717) is 0 Å². The van der Waals surface area contributed by atoms with Crippen LogP contribution in [0.25, 0.3) is 0 Å². The molecule has 0 aliphatic rings. The zero-order valence-electron chi connectivity index (χ0n) is 12.8. The molecule has 2 aromatic carbocycles. The number of aryl methyl sites for hydroxylation is 1. The highest BCUT2D eigenvalue weighted by Gasteiger charge is 2.29. The van der Waals surface area contributed by atoms with Crippen LogP contribution in [0.5, 0.6) is 5.75 Å². The van der Waals surface area contributed by atoms with Crippen LogP contribution in [-0.2, 0) is 11.2 Å². The van der Waals surface area contributed by atoms with Gasteiger partial charge in [-0.25, -0.2) is 0 Å². The number of halogens is 4. The molecule has 2 rings (SSSR count). The van der Waals surface area contributed by atoms with Crippen molar-refractivity contribution < 1.29 is 22.7 Å². The molecule has 2 aromatic rings. The Kier molecular flexibility index (Phi) is 5.72. The van der Waals surface area contributed by atoms with Gasteiger partial charge >= 0.3 is 6.18 Å². The van der Waals surface area contributed by atoms with Crippen LogP contribution in [0.3, 0.4) is 0 Å². The number of hydrogen-bond acceptors (Lipinski definition) is 2. The molecule has 0 aliphatic carbocycles. The van der Waals surface area contributed by atoms with Crippen molar-refractivity contribution in [1.82, 2.24) is 0 Å². The zero-order valence-corrected chi connectivity index (χ0v) is 13.5. The van der Waals surface area contributed by atoms with Crippen LogP contribution in [0.2, 0.25) is 5.02 Å². The Morgan fingerprint density at radius 2 is 1.92 bits per heavy atom. The molecule has 1 amide bonds. The molecule has 0 aromatic heterocycles. The molecule has 0 saturated heterocycles. The van der Waals surface area contributed by atoms with E-state index in [4.69, 9.17) is 16.3 Å². The Morgan fingerprint density at radius 3 is 2.58 bits per heavy atom. The van der Waals surface area contributed by atoms with Gasteiger partial charge in [-0.2, -0.15) is 13.2 Å². The largest absolute Gasteiger partial charge is 0.482 e. The molecule has 0 aliphatic heterocycles. The monoisotopic (exact) mass is 357 g/mol. The van der Waals surface area contributed by atoms with Crippen LogP contribution in [0.15, 0.2) is 42.5 Å². The molecule has 0 unspecified atom stereocenters. The number of ether oxygens (including phenoxy) is 1. The summed E-state index contributed by atoms with van der Waals surface area (Å²) in [6, 6.07) is 11.4. The second kappa shape index (κ2) is 7.57. The maximum absolute atomic E-state index is 12.3. The van der Waals surface area contributed by atoms with E-state index in [1.165, 1.54) is 18.2 Å². The number of rotatable bonds is 5. The Hall–Kier alpha value is -2.21. The first-order valence-corrected chi connectivity index (χ1v) is 7.46. The highest BCUT2D eigenvalue weighted by Crippen LogP contribution is 2.30. The smallest absolute Gasteiger partial charge is 0.422 e. The zero-order chi connectivity index (χ0) is 17.7. The van der Waals surface area contributed by atoms with Crippen molar-refractivity contribution in [3.63, 3.8) is 0 Å². The molecule has 128 valence electrons. The Balaban J connectivity index is 2.11. The van der Waals surface area contributed by atoms with Gasteiger partial charge in [-0.1, -0.05) is 35.9 Å². The van der Waals surface area contributed by atoms with E-state index in [1.54, 1.807) is 0 Å². The van der Waals surface area contributed by atoms with E-state index in [1.807, 2.05) is 31.2 Å². The quantitative estimate of drug-likeness (QED) is 0.837. The van der Waals surface area contributed by atoms with E-state index < -0.39 is 12.8 Å². The molecular weight excluding hydrogens is 343 g/mol. The predicted molar refractivity (Wildman–Crippen MR) is 86.5 cm³/mol. The number of alkyl halides is 3. The third kappa shape index (κ3) is 5.45. The molecule has 7 heteroatoms. The lowest BCUT2D eigenvalue weighted by atomic mass is 10.1. The van der Waals surface area contributed by atoms with Crippen LogP contribution in [-0.4, -0.2) is 18.7 Å². The fraction of sp³-hybridized carbons (Fsp3) is 0.235. The molecule has 0 saturated carbocycles. The van der Waals surface area contributed by atoms with Gasteiger partial charge in [-0.3, -0.25) is 4.79 Å². The van der Waals surface area contributed by atoms with Crippen molar-refractivity contribution in [3.8, 4) is 5.75 Å². The summed E-state index contributed by atoms with van der Waals surface area (Å²) in [6.45, 7) is 0.426. The maximum Gasteiger partial charge on any atom is 0.422 e. The molecule has 0 spiro atoms. The third-order valence-corrected chi connectivity index (χ3v) is 3.45. The van der Waals surface area contributed by atoms with Gasteiger partial charge in [0.2, 0.25) is 5.91 Å². The van der Waals surface area contributed by atoms with E-state index in [-0.39, 0.29) is 28.8 Å². The highest BCUT2D eigenvalue weighted by atomic mass is 35.5. The SMILES string of the molecule is Cc1ccccc1CC(=O)Nc1cc(Cl)ccc1OCC(F)(F)F. The fourth-order valence-electron chi connectivity index (χ4n) is 2.06. The number of benzene rings is 2. The van der Waals surface area contributed by atoms with Gasteiger partial charge in [-0.15, -0.1) is 0 Å². The van der Waals surface area contributed by atoms with Crippen LogP contribution in [0, 0.1) is 6.92 Å². The van der Waals surface area contributed by atoms with Gasteiger partial charge in [0.1, 0.15) is 5.75 Å². The van der Waals surface area contributed by atoms with Crippen molar-refractivity contribution in [3.05, 3.63) is 58.6 Å². The number of carbonyl (C=O) groups is 1. The molecule has 0 heterocycles. The first-order valence-electron chi connectivity index (χ1n) is 7.08.